The van der Waals surface area contributed by atoms with Crippen molar-refractivity contribution in [1.82, 2.24) is 5.32 Å². The molecule has 0 atom stereocenters. The second-order valence-corrected chi connectivity index (χ2v) is 10.2. The Labute approximate surface area is 206 Å². The van der Waals surface area contributed by atoms with E-state index >= 15 is 0 Å². The topological polar surface area (TPSA) is 38.3 Å². The average Bonchev–Trinajstić information content (AvgIpc) is 2.85. The first-order valence-corrected chi connectivity index (χ1v) is 13.1. The number of benzene rings is 3. The Morgan fingerprint density at radius 1 is 1.00 bits per heavy atom. The number of rotatable bonds is 9. The molecule has 1 amide bonds. The zero-order chi connectivity index (χ0) is 23.8. The highest BCUT2D eigenvalue weighted by molar-refractivity contribution is 7.99. The molecule has 34 heavy (non-hydrogen) atoms. The molecule has 1 aliphatic carbocycles. The Bertz CT molecular complexity index is 1080. The largest absolute Gasteiger partial charge is 0.490 e. The van der Waals surface area contributed by atoms with Gasteiger partial charge in [-0.25, -0.2) is 4.39 Å². The van der Waals surface area contributed by atoms with Crippen molar-refractivity contribution in [2.45, 2.75) is 56.1 Å². The van der Waals surface area contributed by atoms with Gasteiger partial charge in [0.05, 0.1) is 6.10 Å². The highest BCUT2D eigenvalue weighted by Crippen LogP contribution is 2.34. The van der Waals surface area contributed by atoms with Gasteiger partial charge in [-0.3, -0.25) is 4.79 Å². The predicted octanol–water partition coefficient (Wildman–Crippen LogP) is 6.79. The Kier molecular flexibility index (Phi) is 8.64. The van der Waals surface area contributed by atoms with Crippen LogP contribution in [-0.2, 0) is 17.0 Å². The summed E-state index contributed by atoms with van der Waals surface area (Å²) in [5, 5.41) is 3.52. The fourth-order valence-electron chi connectivity index (χ4n) is 4.44. The van der Waals surface area contributed by atoms with Crippen LogP contribution in [0.1, 0.15) is 43.7 Å². The third-order valence-electron chi connectivity index (χ3n) is 6.24. The summed E-state index contributed by atoms with van der Waals surface area (Å²) in [7, 11) is 0. The third kappa shape index (κ3) is 7.10. The Hall–Kier alpha value is -2.79. The maximum atomic E-state index is 13.9. The molecule has 1 aliphatic rings. The van der Waals surface area contributed by atoms with E-state index in [0.29, 0.717) is 18.2 Å². The minimum atomic E-state index is -0.261. The highest BCUT2D eigenvalue weighted by atomic mass is 32.2. The van der Waals surface area contributed by atoms with E-state index in [0.717, 1.165) is 53.9 Å². The van der Waals surface area contributed by atoms with Crippen molar-refractivity contribution in [3.05, 3.63) is 89.7 Å². The molecule has 0 aromatic heterocycles. The second kappa shape index (κ2) is 12.1. The molecule has 178 valence electrons. The lowest BCUT2D eigenvalue weighted by molar-refractivity contribution is -0.118. The summed E-state index contributed by atoms with van der Waals surface area (Å²) in [6.07, 6.45) is 5.30. The standard InChI is InChI=1S/C29H32FNO2S/c1-21(32)31-17-16-23-10-11-27(19-29(23)24-8-5-9-25(30)18-24)33-26-12-14-28(15-13-26)34-20-22-6-3-2-4-7-22/h2-11,18-19,26,28H,12-17,20H2,1H3,(H,31,32). The van der Waals surface area contributed by atoms with Gasteiger partial charge in [-0.2, -0.15) is 11.8 Å². The molecule has 0 bridgehead atoms. The third-order valence-corrected chi connectivity index (χ3v) is 7.68. The smallest absolute Gasteiger partial charge is 0.216 e. The van der Waals surface area contributed by atoms with E-state index in [9.17, 15) is 9.18 Å². The molecule has 0 saturated heterocycles. The van der Waals surface area contributed by atoms with Crippen LogP contribution in [0.15, 0.2) is 72.8 Å². The van der Waals surface area contributed by atoms with E-state index < -0.39 is 0 Å². The molecule has 1 fully saturated rings. The molecule has 0 spiro atoms. The molecule has 4 rings (SSSR count). The number of hydrogen-bond donors (Lipinski definition) is 1. The van der Waals surface area contributed by atoms with Crippen molar-refractivity contribution in [1.29, 1.82) is 0 Å². The van der Waals surface area contributed by atoms with Gasteiger partial charge in [0, 0.05) is 24.5 Å². The van der Waals surface area contributed by atoms with Crippen molar-refractivity contribution in [2.75, 3.05) is 6.54 Å². The van der Waals surface area contributed by atoms with E-state index in [-0.39, 0.29) is 17.8 Å². The van der Waals surface area contributed by atoms with Gasteiger partial charge >= 0.3 is 0 Å². The summed E-state index contributed by atoms with van der Waals surface area (Å²) < 4.78 is 20.3. The summed E-state index contributed by atoms with van der Waals surface area (Å²) in [6, 6.07) is 23.4. The summed E-state index contributed by atoms with van der Waals surface area (Å²) in [4.78, 5) is 11.3. The van der Waals surface area contributed by atoms with Crippen LogP contribution in [0.2, 0.25) is 0 Å². The normalized spacial score (nSPS) is 17.8. The number of thioether (sulfide) groups is 1. The fourth-order valence-corrected chi connectivity index (χ4v) is 5.67. The van der Waals surface area contributed by atoms with Crippen LogP contribution in [0, 0.1) is 5.82 Å². The molecule has 1 saturated carbocycles. The molecule has 3 nitrogen and oxygen atoms in total. The Morgan fingerprint density at radius 2 is 1.79 bits per heavy atom. The number of carbonyl (C=O) groups is 1. The summed E-state index contributed by atoms with van der Waals surface area (Å²) in [5.74, 6) is 1.57. The van der Waals surface area contributed by atoms with E-state index in [1.807, 2.05) is 24.3 Å². The first-order valence-electron chi connectivity index (χ1n) is 12.0. The highest BCUT2D eigenvalue weighted by Gasteiger charge is 2.23. The van der Waals surface area contributed by atoms with Crippen LogP contribution in [0.5, 0.6) is 5.75 Å². The SMILES string of the molecule is CC(=O)NCCc1ccc(OC2CCC(SCc3ccccc3)CC2)cc1-c1cccc(F)c1. The number of carbonyl (C=O) groups excluding carboxylic acids is 1. The van der Waals surface area contributed by atoms with Crippen LogP contribution in [0.25, 0.3) is 11.1 Å². The molecular weight excluding hydrogens is 445 g/mol. The van der Waals surface area contributed by atoms with Gasteiger partial charge < -0.3 is 10.1 Å². The first-order chi connectivity index (χ1) is 16.6. The predicted molar refractivity (Wildman–Crippen MR) is 139 cm³/mol. The molecule has 5 heteroatoms. The molecule has 0 aliphatic heterocycles. The molecular formula is C29H32FNO2S. The van der Waals surface area contributed by atoms with Crippen molar-refractivity contribution in [3.8, 4) is 16.9 Å². The number of amides is 1. The number of ether oxygens (including phenoxy) is 1. The van der Waals surface area contributed by atoms with Crippen LogP contribution >= 0.6 is 11.8 Å². The van der Waals surface area contributed by atoms with Gasteiger partial charge in [-0.1, -0.05) is 48.5 Å². The van der Waals surface area contributed by atoms with E-state index in [2.05, 4.69) is 47.4 Å². The second-order valence-electron chi connectivity index (χ2n) is 8.88. The maximum Gasteiger partial charge on any atom is 0.216 e. The van der Waals surface area contributed by atoms with Gasteiger partial charge in [-0.15, -0.1) is 0 Å². The number of halogens is 1. The molecule has 3 aromatic rings. The summed E-state index contributed by atoms with van der Waals surface area (Å²) >= 11 is 2.05. The lowest BCUT2D eigenvalue weighted by Gasteiger charge is -2.29. The van der Waals surface area contributed by atoms with Crippen LogP contribution in [0.4, 0.5) is 4.39 Å². The Balaban J connectivity index is 1.38. The minimum absolute atomic E-state index is 0.0511. The van der Waals surface area contributed by atoms with Crippen molar-refractivity contribution in [3.63, 3.8) is 0 Å². The van der Waals surface area contributed by atoms with Crippen LogP contribution in [0.3, 0.4) is 0 Å². The van der Waals surface area contributed by atoms with E-state index in [1.165, 1.54) is 18.6 Å². The lowest BCUT2D eigenvalue weighted by Crippen LogP contribution is -2.25. The molecule has 1 N–H and O–H groups in total. The van der Waals surface area contributed by atoms with Crippen LogP contribution in [-0.4, -0.2) is 23.8 Å². The number of hydrogen-bond acceptors (Lipinski definition) is 3. The minimum Gasteiger partial charge on any atom is -0.490 e. The molecule has 3 aromatic carbocycles. The van der Waals surface area contributed by atoms with Gasteiger partial charge in [-0.05, 0) is 78.6 Å². The average molecular weight is 478 g/mol. The zero-order valence-electron chi connectivity index (χ0n) is 19.6. The van der Waals surface area contributed by atoms with Gasteiger partial charge in [0.15, 0.2) is 0 Å². The summed E-state index contributed by atoms with van der Waals surface area (Å²) in [6.45, 7) is 2.06. The van der Waals surface area contributed by atoms with E-state index in [4.69, 9.17) is 4.74 Å². The van der Waals surface area contributed by atoms with E-state index in [1.54, 1.807) is 12.1 Å². The quantitative estimate of drug-likeness (QED) is 0.369. The zero-order valence-corrected chi connectivity index (χ0v) is 20.5. The fraction of sp³-hybridized carbons (Fsp3) is 0.345. The lowest BCUT2D eigenvalue weighted by atomic mass is 9.96. The monoisotopic (exact) mass is 477 g/mol. The van der Waals surface area contributed by atoms with Gasteiger partial charge in [0.2, 0.25) is 5.91 Å². The number of nitrogens with one attached hydrogen (secondary N) is 1. The molecule has 0 radical (unpaired) electrons. The summed E-state index contributed by atoms with van der Waals surface area (Å²) in [5.41, 5.74) is 4.22. The van der Waals surface area contributed by atoms with Crippen molar-refractivity contribution in [2.24, 2.45) is 0 Å². The Morgan fingerprint density at radius 3 is 2.53 bits per heavy atom. The molecule has 0 unspecified atom stereocenters. The van der Waals surface area contributed by atoms with Crippen LogP contribution < -0.4 is 10.1 Å². The molecule has 0 heterocycles. The van der Waals surface area contributed by atoms with Gasteiger partial charge in [0.25, 0.3) is 0 Å². The first kappa shape index (κ1) is 24.3. The van der Waals surface area contributed by atoms with Gasteiger partial charge in [0.1, 0.15) is 11.6 Å². The van der Waals surface area contributed by atoms with Crippen molar-refractivity contribution < 1.29 is 13.9 Å². The van der Waals surface area contributed by atoms with Crippen molar-refractivity contribution >= 4 is 17.7 Å². The maximum absolute atomic E-state index is 13.9.